The lowest BCUT2D eigenvalue weighted by Gasteiger charge is -2.34. The summed E-state index contributed by atoms with van der Waals surface area (Å²) >= 11 is 0. The minimum atomic E-state index is 0.0179. The first kappa shape index (κ1) is 23.1. The summed E-state index contributed by atoms with van der Waals surface area (Å²) in [5.41, 5.74) is 3.55. The number of nitriles is 1. The molecule has 0 aliphatic carbocycles. The van der Waals surface area contributed by atoms with Crippen molar-refractivity contribution in [1.82, 2.24) is 34.8 Å². The number of benzene rings is 2. The van der Waals surface area contributed by atoms with Crippen LogP contribution in [0.4, 0.5) is 11.5 Å². The van der Waals surface area contributed by atoms with E-state index in [0.29, 0.717) is 36.5 Å². The molecule has 3 heterocycles. The van der Waals surface area contributed by atoms with Crippen LogP contribution in [0.3, 0.4) is 0 Å². The zero-order chi connectivity index (χ0) is 23.9. The van der Waals surface area contributed by atoms with Crippen molar-refractivity contribution in [2.75, 3.05) is 38.0 Å². The Labute approximate surface area is 197 Å². The zero-order valence-electron chi connectivity index (χ0n) is 19.3. The van der Waals surface area contributed by atoms with Gasteiger partial charge in [-0.1, -0.05) is 26.0 Å². The fourth-order valence-electron chi connectivity index (χ4n) is 3.89. The van der Waals surface area contributed by atoms with Gasteiger partial charge < -0.3 is 10.2 Å². The number of anilines is 2. The molecule has 174 valence electrons. The molecule has 1 saturated heterocycles. The van der Waals surface area contributed by atoms with Gasteiger partial charge in [0.15, 0.2) is 5.82 Å². The number of amides is 1. The number of nitrogens with one attached hydrogen (secondary N) is 1. The number of carbonyl (C=O) groups is 1. The number of aromatic nitrogens is 5. The second-order valence-corrected chi connectivity index (χ2v) is 7.61. The average molecular weight is 458 g/mol. The van der Waals surface area contributed by atoms with Gasteiger partial charge in [0.05, 0.1) is 17.1 Å². The van der Waals surface area contributed by atoms with Gasteiger partial charge in [-0.25, -0.2) is 4.98 Å². The van der Waals surface area contributed by atoms with Gasteiger partial charge in [0.2, 0.25) is 5.65 Å². The third-order valence-corrected chi connectivity index (χ3v) is 5.62. The highest BCUT2D eigenvalue weighted by Gasteiger charge is 2.22. The van der Waals surface area contributed by atoms with Gasteiger partial charge >= 0.3 is 0 Å². The first-order valence-corrected chi connectivity index (χ1v) is 11.5. The van der Waals surface area contributed by atoms with Crippen molar-refractivity contribution in [3.05, 3.63) is 54.1 Å². The molecule has 0 atom stereocenters. The van der Waals surface area contributed by atoms with E-state index in [2.05, 4.69) is 36.8 Å². The largest absolute Gasteiger partial charge is 0.337 e. The summed E-state index contributed by atoms with van der Waals surface area (Å²) in [6.45, 7) is 7.69. The molecule has 2 aromatic carbocycles. The number of hydrogen-bond acceptors (Lipinski definition) is 8. The van der Waals surface area contributed by atoms with E-state index in [-0.39, 0.29) is 5.91 Å². The van der Waals surface area contributed by atoms with Gasteiger partial charge in [-0.2, -0.15) is 9.78 Å². The maximum absolute atomic E-state index is 12.9. The van der Waals surface area contributed by atoms with E-state index in [1.165, 1.54) is 0 Å². The maximum atomic E-state index is 12.9. The van der Waals surface area contributed by atoms with Gasteiger partial charge in [-0.15, -0.1) is 5.10 Å². The number of carbonyl (C=O) groups excluding carboxylic acids is 1. The van der Waals surface area contributed by atoms with Crippen LogP contribution in [-0.4, -0.2) is 73.5 Å². The van der Waals surface area contributed by atoms with E-state index >= 15 is 0 Å². The maximum Gasteiger partial charge on any atom is 0.253 e. The van der Waals surface area contributed by atoms with Crippen LogP contribution < -0.4 is 5.32 Å². The summed E-state index contributed by atoms with van der Waals surface area (Å²) in [7, 11) is 0. The predicted molar refractivity (Wildman–Crippen MR) is 130 cm³/mol. The molecule has 0 unspecified atom stereocenters. The monoisotopic (exact) mass is 457 g/mol. The van der Waals surface area contributed by atoms with Gasteiger partial charge in [0.1, 0.15) is 0 Å². The molecule has 4 aromatic rings. The summed E-state index contributed by atoms with van der Waals surface area (Å²) < 4.78 is 1.65. The standard InChI is InChI=1S/C22H21N9O.C2H6/c23-10-3-11-29-12-14-30(15-13-29)22(32)16-6-8-17(9-7-16)24-20-21-26-27-28-31(21)19-5-2-1-4-18(19)25-20;1-2/h1-2,4-9H,3,11-15H2,(H,24,25);1-2H3. The van der Waals surface area contributed by atoms with Crippen LogP contribution in [0.2, 0.25) is 0 Å². The van der Waals surface area contributed by atoms with Crippen LogP contribution in [0.5, 0.6) is 0 Å². The van der Waals surface area contributed by atoms with Crippen LogP contribution in [-0.2, 0) is 0 Å². The molecular formula is C24H27N9O. The van der Waals surface area contributed by atoms with E-state index < -0.39 is 0 Å². The highest BCUT2D eigenvalue weighted by molar-refractivity contribution is 5.95. The van der Waals surface area contributed by atoms with Crippen molar-refractivity contribution in [3.8, 4) is 6.07 Å². The first-order chi connectivity index (χ1) is 16.7. The number of hydrogen-bond donors (Lipinski definition) is 1. The van der Waals surface area contributed by atoms with Crippen molar-refractivity contribution in [2.45, 2.75) is 20.3 Å². The van der Waals surface area contributed by atoms with E-state index in [1.54, 1.807) is 4.52 Å². The molecule has 0 bridgehead atoms. The quantitative estimate of drug-likeness (QED) is 0.486. The van der Waals surface area contributed by atoms with Gasteiger partial charge in [0.25, 0.3) is 5.91 Å². The lowest BCUT2D eigenvalue weighted by atomic mass is 10.1. The molecule has 1 aliphatic heterocycles. The minimum Gasteiger partial charge on any atom is -0.337 e. The lowest BCUT2D eigenvalue weighted by Crippen LogP contribution is -2.48. The van der Waals surface area contributed by atoms with E-state index in [0.717, 1.165) is 36.4 Å². The van der Waals surface area contributed by atoms with Crippen molar-refractivity contribution >= 4 is 34.1 Å². The molecule has 0 saturated carbocycles. The molecule has 1 aliphatic rings. The van der Waals surface area contributed by atoms with E-state index in [4.69, 9.17) is 5.26 Å². The fraction of sp³-hybridized carbons (Fsp3) is 0.333. The van der Waals surface area contributed by atoms with Crippen molar-refractivity contribution in [1.29, 1.82) is 5.26 Å². The summed E-state index contributed by atoms with van der Waals surface area (Å²) in [6, 6.07) is 17.2. The smallest absolute Gasteiger partial charge is 0.253 e. The average Bonchev–Trinajstić information content (AvgIpc) is 3.40. The van der Waals surface area contributed by atoms with Crippen LogP contribution in [0.1, 0.15) is 30.6 Å². The molecule has 10 nitrogen and oxygen atoms in total. The molecule has 1 N–H and O–H groups in total. The normalized spacial score (nSPS) is 13.9. The van der Waals surface area contributed by atoms with Crippen molar-refractivity contribution in [2.24, 2.45) is 0 Å². The van der Waals surface area contributed by atoms with Gasteiger partial charge in [0, 0.05) is 50.4 Å². The predicted octanol–water partition coefficient (Wildman–Crippen LogP) is 3.11. The van der Waals surface area contributed by atoms with Gasteiger partial charge in [-0.3, -0.25) is 9.69 Å². The molecule has 0 spiro atoms. The summed E-state index contributed by atoms with van der Waals surface area (Å²) in [5.74, 6) is 0.561. The molecule has 10 heteroatoms. The number of nitrogens with zero attached hydrogens (tertiary/aromatic N) is 8. The summed E-state index contributed by atoms with van der Waals surface area (Å²) in [6.07, 6.45) is 0.519. The number of tetrazole rings is 1. The minimum absolute atomic E-state index is 0.0179. The number of piperazine rings is 1. The van der Waals surface area contributed by atoms with Crippen LogP contribution in [0.25, 0.3) is 16.7 Å². The first-order valence-electron chi connectivity index (χ1n) is 11.5. The fourth-order valence-corrected chi connectivity index (χ4v) is 3.89. The second-order valence-electron chi connectivity index (χ2n) is 7.61. The SMILES string of the molecule is CC.N#CCCN1CCN(C(=O)c2ccc(Nc3nc4ccccc4n4nnnc34)cc2)CC1. The van der Waals surface area contributed by atoms with E-state index in [9.17, 15) is 4.79 Å². The lowest BCUT2D eigenvalue weighted by molar-refractivity contribution is 0.0640. The zero-order valence-corrected chi connectivity index (χ0v) is 19.3. The third-order valence-electron chi connectivity index (χ3n) is 5.62. The van der Waals surface area contributed by atoms with Crippen LogP contribution >= 0.6 is 0 Å². The Morgan fingerprint density at radius 3 is 2.53 bits per heavy atom. The van der Waals surface area contributed by atoms with Crippen LogP contribution in [0, 0.1) is 11.3 Å². The summed E-state index contributed by atoms with van der Waals surface area (Å²) in [4.78, 5) is 21.6. The van der Waals surface area contributed by atoms with Crippen molar-refractivity contribution < 1.29 is 4.79 Å². The molecule has 0 radical (unpaired) electrons. The van der Waals surface area contributed by atoms with E-state index in [1.807, 2.05) is 67.3 Å². The Morgan fingerprint density at radius 1 is 1.06 bits per heavy atom. The Balaban J connectivity index is 0.00000133. The second kappa shape index (κ2) is 10.7. The highest BCUT2D eigenvalue weighted by Crippen LogP contribution is 2.23. The molecule has 34 heavy (non-hydrogen) atoms. The number of fused-ring (bicyclic) bond motifs is 3. The molecule has 1 fully saturated rings. The Bertz CT molecular complexity index is 1300. The Kier molecular flexibility index (Phi) is 7.25. The van der Waals surface area contributed by atoms with Crippen molar-refractivity contribution in [3.63, 3.8) is 0 Å². The van der Waals surface area contributed by atoms with Crippen LogP contribution in [0.15, 0.2) is 48.5 Å². The highest BCUT2D eigenvalue weighted by atomic mass is 16.2. The topological polar surface area (TPSA) is 115 Å². The molecule has 5 rings (SSSR count). The summed E-state index contributed by atoms with van der Waals surface area (Å²) in [5, 5.41) is 23.9. The molecular weight excluding hydrogens is 430 g/mol. The third kappa shape index (κ3) is 4.79. The number of rotatable bonds is 5. The van der Waals surface area contributed by atoms with Gasteiger partial charge in [-0.05, 0) is 46.8 Å². The molecule has 2 aromatic heterocycles. The Hall–Kier alpha value is -4.10. The Morgan fingerprint density at radius 2 is 1.79 bits per heavy atom. The molecule has 1 amide bonds. The number of para-hydroxylation sites is 2.